The molecule has 80 valence electrons. The Morgan fingerprint density at radius 1 is 1.08 bits per heavy atom. The Kier molecular flexibility index (Phi) is 8.83. The molecule has 0 atom stereocenters. The minimum absolute atomic E-state index is 0.393. The average molecular weight is 316 g/mol. The van der Waals surface area contributed by atoms with Crippen LogP contribution in [0.1, 0.15) is 33.1 Å². The van der Waals surface area contributed by atoms with E-state index in [0.717, 1.165) is 30.3 Å². The Labute approximate surface area is 98.9 Å². The molecule has 0 aromatic heterocycles. The van der Waals surface area contributed by atoms with Gasteiger partial charge in [0.2, 0.25) is 0 Å². The second kappa shape index (κ2) is 8.25. The summed E-state index contributed by atoms with van der Waals surface area (Å²) in [4.78, 5) is 0. The molecule has 0 aliphatic carbocycles. The highest BCUT2D eigenvalue weighted by molar-refractivity contribution is 9.09. The standard InChI is InChI=1S/C10H20Br2O/c1-3-5-10(8-11,9-12)6-7-13-4-2/h3-9H2,1-2H3. The molecule has 0 aromatic rings. The maximum absolute atomic E-state index is 5.40. The van der Waals surface area contributed by atoms with Crippen LogP contribution in [0.4, 0.5) is 0 Å². The van der Waals surface area contributed by atoms with Crippen molar-refractivity contribution in [1.29, 1.82) is 0 Å². The molecular weight excluding hydrogens is 296 g/mol. The molecule has 0 aliphatic rings. The van der Waals surface area contributed by atoms with Crippen LogP contribution >= 0.6 is 31.9 Å². The van der Waals surface area contributed by atoms with Crippen LogP contribution in [0.5, 0.6) is 0 Å². The minimum atomic E-state index is 0.393. The first-order valence-corrected chi connectivity index (χ1v) is 7.18. The molecule has 0 bridgehead atoms. The van der Waals surface area contributed by atoms with Crippen LogP contribution in [0.25, 0.3) is 0 Å². The zero-order chi connectivity index (χ0) is 10.2. The lowest BCUT2D eigenvalue weighted by Gasteiger charge is -2.29. The number of alkyl halides is 2. The lowest BCUT2D eigenvalue weighted by molar-refractivity contribution is 0.114. The van der Waals surface area contributed by atoms with E-state index in [4.69, 9.17) is 4.74 Å². The monoisotopic (exact) mass is 314 g/mol. The third kappa shape index (κ3) is 5.38. The van der Waals surface area contributed by atoms with Crippen LogP contribution in [0.15, 0.2) is 0 Å². The zero-order valence-electron chi connectivity index (χ0n) is 8.61. The summed E-state index contributed by atoms with van der Waals surface area (Å²) in [6.45, 7) is 5.99. The van der Waals surface area contributed by atoms with Crippen molar-refractivity contribution in [3.8, 4) is 0 Å². The number of hydrogen-bond donors (Lipinski definition) is 0. The Balaban J connectivity index is 3.89. The van der Waals surface area contributed by atoms with Crippen molar-refractivity contribution in [1.82, 2.24) is 0 Å². The van der Waals surface area contributed by atoms with E-state index in [1.54, 1.807) is 0 Å². The lowest BCUT2D eigenvalue weighted by atomic mass is 9.85. The van der Waals surface area contributed by atoms with Crippen molar-refractivity contribution in [3.63, 3.8) is 0 Å². The molecule has 0 spiro atoms. The van der Waals surface area contributed by atoms with Crippen molar-refractivity contribution in [3.05, 3.63) is 0 Å². The van der Waals surface area contributed by atoms with Gasteiger partial charge in [-0.2, -0.15) is 0 Å². The normalized spacial score (nSPS) is 12.0. The Bertz CT molecular complexity index is 113. The predicted octanol–water partition coefficient (Wildman–Crippen LogP) is 3.99. The van der Waals surface area contributed by atoms with E-state index in [1.165, 1.54) is 12.8 Å². The topological polar surface area (TPSA) is 9.23 Å². The van der Waals surface area contributed by atoms with E-state index in [1.807, 2.05) is 6.92 Å². The van der Waals surface area contributed by atoms with Gasteiger partial charge in [0.05, 0.1) is 0 Å². The second-order valence-electron chi connectivity index (χ2n) is 3.46. The smallest absolute Gasteiger partial charge is 0.0471 e. The molecule has 0 saturated heterocycles. The molecule has 0 rings (SSSR count). The van der Waals surface area contributed by atoms with Crippen molar-refractivity contribution >= 4 is 31.9 Å². The summed E-state index contributed by atoms with van der Waals surface area (Å²) in [5.41, 5.74) is 0.393. The summed E-state index contributed by atoms with van der Waals surface area (Å²) < 4.78 is 5.40. The highest BCUT2D eigenvalue weighted by atomic mass is 79.9. The molecule has 0 heterocycles. The Hall–Kier alpha value is 0.920. The molecule has 0 fully saturated rings. The molecular formula is C10H20Br2O. The molecule has 0 N–H and O–H groups in total. The van der Waals surface area contributed by atoms with E-state index in [9.17, 15) is 0 Å². The number of halogens is 2. The van der Waals surface area contributed by atoms with Gasteiger partial charge in [0.15, 0.2) is 0 Å². The van der Waals surface area contributed by atoms with Gasteiger partial charge in [-0.1, -0.05) is 45.2 Å². The second-order valence-corrected chi connectivity index (χ2v) is 4.59. The SMILES string of the molecule is CCCC(CBr)(CBr)CCOCC. The quantitative estimate of drug-likeness (QED) is 0.486. The first kappa shape index (κ1) is 13.9. The van der Waals surface area contributed by atoms with E-state index in [2.05, 4.69) is 38.8 Å². The van der Waals surface area contributed by atoms with Gasteiger partial charge in [-0.15, -0.1) is 0 Å². The molecule has 0 amide bonds. The van der Waals surface area contributed by atoms with Gasteiger partial charge in [0, 0.05) is 23.9 Å². The fourth-order valence-corrected chi connectivity index (χ4v) is 3.44. The van der Waals surface area contributed by atoms with Crippen molar-refractivity contribution < 1.29 is 4.74 Å². The first-order chi connectivity index (χ1) is 6.24. The number of ether oxygens (including phenoxy) is 1. The van der Waals surface area contributed by atoms with Gasteiger partial charge < -0.3 is 4.74 Å². The van der Waals surface area contributed by atoms with Gasteiger partial charge in [-0.05, 0) is 25.2 Å². The van der Waals surface area contributed by atoms with Gasteiger partial charge in [0.25, 0.3) is 0 Å². The highest BCUT2D eigenvalue weighted by Gasteiger charge is 2.26. The van der Waals surface area contributed by atoms with Gasteiger partial charge in [-0.3, -0.25) is 0 Å². The summed E-state index contributed by atoms with van der Waals surface area (Å²) in [6.07, 6.45) is 3.64. The van der Waals surface area contributed by atoms with Crippen LogP contribution in [0.3, 0.4) is 0 Å². The fourth-order valence-electron chi connectivity index (χ4n) is 1.39. The maximum atomic E-state index is 5.40. The minimum Gasteiger partial charge on any atom is -0.382 e. The van der Waals surface area contributed by atoms with Crippen LogP contribution in [0, 0.1) is 5.41 Å². The van der Waals surface area contributed by atoms with E-state index in [0.29, 0.717) is 5.41 Å². The van der Waals surface area contributed by atoms with Gasteiger partial charge in [0.1, 0.15) is 0 Å². The van der Waals surface area contributed by atoms with Crippen molar-refractivity contribution in [2.45, 2.75) is 33.1 Å². The van der Waals surface area contributed by atoms with E-state index in [-0.39, 0.29) is 0 Å². The van der Waals surface area contributed by atoms with Gasteiger partial charge >= 0.3 is 0 Å². The fraction of sp³-hybridized carbons (Fsp3) is 1.00. The summed E-state index contributed by atoms with van der Waals surface area (Å²) in [5.74, 6) is 0. The summed E-state index contributed by atoms with van der Waals surface area (Å²) in [5, 5.41) is 2.12. The van der Waals surface area contributed by atoms with E-state index < -0.39 is 0 Å². The van der Waals surface area contributed by atoms with Crippen molar-refractivity contribution in [2.75, 3.05) is 23.9 Å². The van der Waals surface area contributed by atoms with Crippen LogP contribution in [-0.2, 0) is 4.74 Å². The molecule has 0 unspecified atom stereocenters. The Morgan fingerprint density at radius 2 is 1.69 bits per heavy atom. The summed E-state index contributed by atoms with van der Waals surface area (Å²) in [6, 6.07) is 0. The maximum Gasteiger partial charge on any atom is 0.0471 e. The molecule has 0 aromatic carbocycles. The number of rotatable bonds is 8. The summed E-state index contributed by atoms with van der Waals surface area (Å²) in [7, 11) is 0. The highest BCUT2D eigenvalue weighted by Crippen LogP contribution is 2.32. The van der Waals surface area contributed by atoms with Crippen molar-refractivity contribution in [2.24, 2.45) is 5.41 Å². The molecule has 0 saturated carbocycles. The largest absolute Gasteiger partial charge is 0.382 e. The summed E-state index contributed by atoms with van der Waals surface area (Å²) >= 11 is 7.20. The lowest BCUT2D eigenvalue weighted by Crippen LogP contribution is -2.26. The molecule has 13 heavy (non-hydrogen) atoms. The van der Waals surface area contributed by atoms with E-state index >= 15 is 0 Å². The van der Waals surface area contributed by atoms with Crippen LogP contribution < -0.4 is 0 Å². The first-order valence-electron chi connectivity index (χ1n) is 4.94. The third-order valence-electron chi connectivity index (χ3n) is 2.33. The van der Waals surface area contributed by atoms with Gasteiger partial charge in [-0.25, -0.2) is 0 Å². The van der Waals surface area contributed by atoms with Crippen LogP contribution in [0.2, 0.25) is 0 Å². The number of hydrogen-bond acceptors (Lipinski definition) is 1. The molecule has 0 aliphatic heterocycles. The zero-order valence-corrected chi connectivity index (χ0v) is 11.8. The third-order valence-corrected chi connectivity index (χ3v) is 4.71. The average Bonchev–Trinajstić information content (AvgIpc) is 2.17. The van der Waals surface area contributed by atoms with Crippen LogP contribution in [-0.4, -0.2) is 23.9 Å². The molecule has 0 radical (unpaired) electrons. The predicted molar refractivity (Wildman–Crippen MR) is 66.0 cm³/mol. The molecule has 1 nitrogen and oxygen atoms in total. The molecule has 3 heteroatoms. The Morgan fingerprint density at radius 3 is 2.08 bits per heavy atom.